The number of aromatic nitrogens is 2. The normalized spacial score (nSPS) is 14.7. The van der Waals surface area contributed by atoms with Crippen LogP contribution in [0.2, 0.25) is 0 Å². The first-order valence-corrected chi connectivity index (χ1v) is 10.4. The second kappa shape index (κ2) is 6.87. The number of aryl methyl sites for hydroxylation is 2. The van der Waals surface area contributed by atoms with Crippen LogP contribution in [0.1, 0.15) is 22.4 Å². The van der Waals surface area contributed by atoms with E-state index in [0.29, 0.717) is 30.2 Å². The molecule has 0 N–H and O–H groups in total. The van der Waals surface area contributed by atoms with Crippen LogP contribution < -0.4 is 0 Å². The van der Waals surface area contributed by atoms with Crippen molar-refractivity contribution in [2.45, 2.75) is 31.7 Å². The summed E-state index contributed by atoms with van der Waals surface area (Å²) < 4.78 is 27.7. The molecule has 0 saturated heterocycles. The number of rotatable bonds is 3. The standard InChI is InChI=1S/C21H21N3O2S/c1-15-8-9-20(16(2)12-15)27(25,26)24-11-10-19-18(14-24)13-22-21(23-19)17-6-4-3-5-7-17/h3-9,12-13H,10-11,14H2,1-2H3. The number of benzene rings is 2. The molecule has 2 aromatic carbocycles. The van der Waals surface area contributed by atoms with E-state index in [4.69, 9.17) is 0 Å². The van der Waals surface area contributed by atoms with Gasteiger partial charge in [-0.2, -0.15) is 4.31 Å². The molecule has 1 aliphatic heterocycles. The largest absolute Gasteiger partial charge is 0.243 e. The van der Waals surface area contributed by atoms with E-state index in [1.54, 1.807) is 12.3 Å². The molecule has 2 heterocycles. The molecule has 0 fully saturated rings. The van der Waals surface area contributed by atoms with E-state index >= 15 is 0 Å². The van der Waals surface area contributed by atoms with Crippen molar-refractivity contribution in [3.8, 4) is 11.4 Å². The van der Waals surface area contributed by atoms with Gasteiger partial charge in [0.1, 0.15) is 0 Å². The highest BCUT2D eigenvalue weighted by Crippen LogP contribution is 2.27. The first kappa shape index (κ1) is 17.8. The van der Waals surface area contributed by atoms with Crippen molar-refractivity contribution < 1.29 is 8.42 Å². The smallest absolute Gasteiger partial charge is 0.236 e. The predicted octanol–water partition coefficient (Wildman–Crippen LogP) is 3.51. The fourth-order valence-corrected chi connectivity index (χ4v) is 5.07. The zero-order chi connectivity index (χ0) is 19.0. The van der Waals surface area contributed by atoms with Crippen LogP contribution in [0.3, 0.4) is 0 Å². The van der Waals surface area contributed by atoms with E-state index in [0.717, 1.165) is 27.9 Å². The molecule has 0 unspecified atom stereocenters. The maximum absolute atomic E-state index is 13.1. The number of sulfonamides is 1. The van der Waals surface area contributed by atoms with E-state index in [1.807, 2.05) is 56.3 Å². The number of fused-ring (bicyclic) bond motifs is 1. The highest BCUT2D eigenvalue weighted by atomic mass is 32.2. The zero-order valence-corrected chi connectivity index (χ0v) is 16.2. The lowest BCUT2D eigenvalue weighted by atomic mass is 10.1. The lowest BCUT2D eigenvalue weighted by Gasteiger charge is -2.28. The van der Waals surface area contributed by atoms with Gasteiger partial charge in [0, 0.05) is 36.8 Å². The Hall–Kier alpha value is -2.57. The van der Waals surface area contributed by atoms with Gasteiger partial charge in [0.05, 0.1) is 10.6 Å². The van der Waals surface area contributed by atoms with Crippen molar-refractivity contribution >= 4 is 10.0 Å². The van der Waals surface area contributed by atoms with Crippen LogP contribution in [0.25, 0.3) is 11.4 Å². The predicted molar refractivity (Wildman–Crippen MR) is 105 cm³/mol. The van der Waals surface area contributed by atoms with Gasteiger partial charge in [0.25, 0.3) is 0 Å². The molecule has 0 radical (unpaired) electrons. The molecule has 1 aromatic heterocycles. The van der Waals surface area contributed by atoms with E-state index in [2.05, 4.69) is 9.97 Å². The van der Waals surface area contributed by atoms with Crippen molar-refractivity contribution in [2.24, 2.45) is 0 Å². The Labute approximate surface area is 159 Å². The van der Waals surface area contributed by atoms with Crippen molar-refractivity contribution in [1.82, 2.24) is 14.3 Å². The van der Waals surface area contributed by atoms with E-state index in [9.17, 15) is 8.42 Å². The van der Waals surface area contributed by atoms with Crippen LogP contribution in [0, 0.1) is 13.8 Å². The van der Waals surface area contributed by atoms with Gasteiger partial charge >= 0.3 is 0 Å². The summed E-state index contributed by atoms with van der Waals surface area (Å²) in [7, 11) is -3.54. The minimum atomic E-state index is -3.54. The van der Waals surface area contributed by atoms with E-state index < -0.39 is 10.0 Å². The summed E-state index contributed by atoms with van der Waals surface area (Å²) >= 11 is 0. The summed E-state index contributed by atoms with van der Waals surface area (Å²) in [5, 5.41) is 0. The van der Waals surface area contributed by atoms with Crippen molar-refractivity contribution in [3.05, 3.63) is 77.1 Å². The molecule has 0 spiro atoms. The molecule has 0 aliphatic carbocycles. The molecule has 0 atom stereocenters. The SMILES string of the molecule is Cc1ccc(S(=O)(=O)N2CCc3nc(-c4ccccc4)ncc3C2)c(C)c1. The third-order valence-corrected chi connectivity index (χ3v) is 6.88. The number of hydrogen-bond acceptors (Lipinski definition) is 4. The first-order valence-electron chi connectivity index (χ1n) is 8.93. The molecule has 0 saturated carbocycles. The fraction of sp³-hybridized carbons (Fsp3) is 0.238. The molecular weight excluding hydrogens is 358 g/mol. The van der Waals surface area contributed by atoms with Gasteiger partial charge in [-0.15, -0.1) is 0 Å². The lowest BCUT2D eigenvalue weighted by molar-refractivity contribution is 0.386. The third kappa shape index (κ3) is 3.38. The molecular formula is C21H21N3O2S. The summed E-state index contributed by atoms with van der Waals surface area (Å²) in [6.07, 6.45) is 2.34. The molecule has 3 aromatic rings. The van der Waals surface area contributed by atoms with Crippen molar-refractivity contribution in [1.29, 1.82) is 0 Å². The minimum absolute atomic E-state index is 0.306. The average molecular weight is 379 g/mol. The summed E-state index contributed by atoms with van der Waals surface area (Å²) in [5.41, 5.74) is 4.59. The first-order chi connectivity index (χ1) is 12.9. The van der Waals surface area contributed by atoms with Gasteiger partial charge in [-0.05, 0) is 25.5 Å². The zero-order valence-electron chi connectivity index (χ0n) is 15.4. The summed E-state index contributed by atoms with van der Waals surface area (Å²) in [6.45, 7) is 4.53. The highest BCUT2D eigenvalue weighted by molar-refractivity contribution is 7.89. The lowest BCUT2D eigenvalue weighted by Crippen LogP contribution is -2.36. The van der Waals surface area contributed by atoms with Gasteiger partial charge in [-0.25, -0.2) is 18.4 Å². The summed E-state index contributed by atoms with van der Waals surface area (Å²) in [6, 6.07) is 15.3. The second-order valence-electron chi connectivity index (χ2n) is 6.89. The van der Waals surface area contributed by atoms with Crippen LogP contribution >= 0.6 is 0 Å². The van der Waals surface area contributed by atoms with E-state index in [-0.39, 0.29) is 0 Å². The Bertz CT molecular complexity index is 1100. The summed E-state index contributed by atoms with van der Waals surface area (Å²) in [4.78, 5) is 9.49. The maximum Gasteiger partial charge on any atom is 0.243 e. The molecule has 0 amide bonds. The van der Waals surface area contributed by atoms with Gasteiger partial charge in [0.2, 0.25) is 10.0 Å². The van der Waals surface area contributed by atoms with Crippen LogP contribution in [-0.4, -0.2) is 29.2 Å². The molecule has 4 rings (SSSR count). The monoisotopic (exact) mass is 379 g/mol. The minimum Gasteiger partial charge on any atom is -0.236 e. The van der Waals surface area contributed by atoms with Gasteiger partial charge in [0.15, 0.2) is 5.82 Å². The van der Waals surface area contributed by atoms with Crippen molar-refractivity contribution in [2.75, 3.05) is 6.54 Å². The van der Waals surface area contributed by atoms with Crippen LogP contribution in [0.5, 0.6) is 0 Å². The Balaban J connectivity index is 1.63. The maximum atomic E-state index is 13.1. The highest BCUT2D eigenvalue weighted by Gasteiger charge is 2.30. The Morgan fingerprint density at radius 3 is 2.56 bits per heavy atom. The van der Waals surface area contributed by atoms with E-state index in [1.165, 1.54) is 4.31 Å². The average Bonchev–Trinajstić information content (AvgIpc) is 2.67. The number of nitrogens with zero attached hydrogens (tertiary/aromatic N) is 3. The van der Waals surface area contributed by atoms with Crippen molar-refractivity contribution in [3.63, 3.8) is 0 Å². The van der Waals surface area contributed by atoms with Crippen LogP contribution in [0.15, 0.2) is 59.6 Å². The quantitative estimate of drug-likeness (QED) is 0.699. The molecule has 0 bridgehead atoms. The number of hydrogen-bond donors (Lipinski definition) is 0. The molecule has 138 valence electrons. The Morgan fingerprint density at radius 2 is 1.81 bits per heavy atom. The molecule has 6 heteroatoms. The molecule has 1 aliphatic rings. The van der Waals surface area contributed by atoms with Crippen LogP contribution in [-0.2, 0) is 23.0 Å². The second-order valence-corrected chi connectivity index (χ2v) is 8.80. The molecule has 27 heavy (non-hydrogen) atoms. The van der Waals surface area contributed by atoms with Gasteiger partial charge in [-0.1, -0.05) is 48.0 Å². The Morgan fingerprint density at radius 1 is 1.04 bits per heavy atom. The van der Waals surface area contributed by atoms with Gasteiger partial charge < -0.3 is 0 Å². The summed E-state index contributed by atoms with van der Waals surface area (Å²) in [5.74, 6) is 0.681. The van der Waals surface area contributed by atoms with Gasteiger partial charge in [-0.3, -0.25) is 0 Å². The van der Waals surface area contributed by atoms with Crippen LogP contribution in [0.4, 0.5) is 0 Å². The Kier molecular flexibility index (Phi) is 4.53. The topological polar surface area (TPSA) is 63.2 Å². The third-order valence-electron chi connectivity index (χ3n) is 4.88. The fourth-order valence-electron chi connectivity index (χ4n) is 3.45. The molecule has 5 nitrogen and oxygen atoms in total.